The molecule has 9 nitrogen and oxygen atoms in total. The summed E-state index contributed by atoms with van der Waals surface area (Å²) in [5.41, 5.74) is -1.06. The van der Waals surface area contributed by atoms with E-state index in [0.717, 1.165) is 19.0 Å². The molecule has 0 bridgehead atoms. The highest BCUT2D eigenvalue weighted by atomic mass is 19.4. The molecule has 0 saturated heterocycles. The average Bonchev–Trinajstić information content (AvgIpc) is 3.70. The predicted molar refractivity (Wildman–Crippen MR) is 136 cm³/mol. The van der Waals surface area contributed by atoms with Crippen molar-refractivity contribution >= 4 is 17.5 Å². The second-order valence-corrected chi connectivity index (χ2v) is 11.2. The number of imidazole rings is 1. The van der Waals surface area contributed by atoms with Crippen LogP contribution in [0, 0.1) is 11.8 Å². The molecule has 0 spiro atoms. The second-order valence-electron chi connectivity index (χ2n) is 11.2. The zero-order chi connectivity index (χ0) is 31.9. The van der Waals surface area contributed by atoms with Gasteiger partial charge in [0.15, 0.2) is 11.3 Å². The fourth-order valence-electron chi connectivity index (χ4n) is 5.29. The number of aromatic nitrogens is 5. The van der Waals surface area contributed by atoms with Gasteiger partial charge in [-0.3, -0.25) is 14.6 Å². The van der Waals surface area contributed by atoms with Gasteiger partial charge in [0.05, 0.1) is 49.0 Å². The van der Waals surface area contributed by atoms with E-state index < -0.39 is 85.2 Å². The first-order chi connectivity index (χ1) is 20.6. The Morgan fingerprint density at radius 2 is 1.61 bits per heavy atom. The van der Waals surface area contributed by atoms with E-state index in [-0.39, 0.29) is 30.1 Å². The maximum Gasteiger partial charge on any atom is 0.434 e. The Morgan fingerprint density at radius 1 is 0.932 bits per heavy atom. The summed E-state index contributed by atoms with van der Waals surface area (Å²) in [5.74, 6) is -5.22. The Hall–Kier alpha value is -3.92. The maximum absolute atomic E-state index is 14.0. The Kier molecular flexibility index (Phi) is 8.50. The fraction of sp³-hybridized carbons (Fsp3) is 0.556. The summed E-state index contributed by atoms with van der Waals surface area (Å²) in [6, 6.07) is -0.0271. The summed E-state index contributed by atoms with van der Waals surface area (Å²) < 4.78 is 106. The van der Waals surface area contributed by atoms with E-state index in [9.17, 15) is 44.7 Å². The minimum atomic E-state index is -4.85. The van der Waals surface area contributed by atoms with Crippen LogP contribution in [0.4, 0.5) is 35.1 Å². The summed E-state index contributed by atoms with van der Waals surface area (Å²) in [6.45, 7) is 0. The highest BCUT2D eigenvalue weighted by Gasteiger charge is 2.40. The van der Waals surface area contributed by atoms with Crippen LogP contribution >= 0.6 is 0 Å². The molecule has 2 N–H and O–H groups in total. The lowest BCUT2D eigenvalue weighted by molar-refractivity contribution is -0.144. The van der Waals surface area contributed by atoms with Crippen molar-refractivity contribution in [3.8, 4) is 0 Å². The topological polar surface area (TPSA) is 114 Å². The molecule has 2 aliphatic carbocycles. The molecule has 17 heteroatoms. The van der Waals surface area contributed by atoms with Crippen LogP contribution in [0.2, 0.25) is 0 Å². The van der Waals surface area contributed by atoms with Crippen molar-refractivity contribution in [3.63, 3.8) is 0 Å². The van der Waals surface area contributed by atoms with Gasteiger partial charge in [-0.05, 0) is 49.1 Å². The Balaban J connectivity index is 1.41. The first-order valence-corrected chi connectivity index (χ1v) is 13.9. The zero-order valence-electron chi connectivity index (χ0n) is 22.9. The average molecular weight is 634 g/mol. The molecule has 0 aliphatic heterocycles. The van der Waals surface area contributed by atoms with E-state index in [1.54, 1.807) is 6.07 Å². The standard InChI is InChI=1S/C27H27F8N7O2/c28-25(29)6-3-15(4-7-25)23(41-24(44)17-11-36-12-19(38-17)27(33,34)35)18-13-42-20(39-18)9-16(10-37-42)22(14-1-2-14)40-21(43)5-8-26(30,31)32/h9-15,22-23H,1-8H2,(H,40,43)(H,41,44)/t22?,23-/m0/s1. The van der Waals surface area contributed by atoms with Crippen molar-refractivity contribution in [2.75, 3.05) is 0 Å². The first kappa shape index (κ1) is 31.5. The van der Waals surface area contributed by atoms with Gasteiger partial charge in [-0.1, -0.05) is 0 Å². The zero-order valence-corrected chi connectivity index (χ0v) is 22.9. The Morgan fingerprint density at radius 3 is 2.25 bits per heavy atom. The van der Waals surface area contributed by atoms with Crippen LogP contribution in [0.5, 0.6) is 0 Å². The number of rotatable bonds is 9. The van der Waals surface area contributed by atoms with E-state index in [1.165, 1.54) is 16.9 Å². The van der Waals surface area contributed by atoms with Crippen LogP contribution in [0.15, 0.2) is 30.9 Å². The smallest absolute Gasteiger partial charge is 0.349 e. The summed E-state index contributed by atoms with van der Waals surface area (Å²) in [7, 11) is 0. The largest absolute Gasteiger partial charge is 0.434 e. The third-order valence-corrected chi connectivity index (χ3v) is 7.76. The van der Waals surface area contributed by atoms with Gasteiger partial charge in [-0.2, -0.15) is 31.4 Å². The summed E-state index contributed by atoms with van der Waals surface area (Å²) in [4.78, 5) is 36.6. The van der Waals surface area contributed by atoms with E-state index >= 15 is 0 Å². The lowest BCUT2D eigenvalue weighted by Gasteiger charge is -2.33. The van der Waals surface area contributed by atoms with E-state index in [2.05, 4.69) is 30.7 Å². The van der Waals surface area contributed by atoms with Gasteiger partial charge in [-0.25, -0.2) is 23.3 Å². The molecule has 0 aromatic carbocycles. The van der Waals surface area contributed by atoms with E-state index in [4.69, 9.17) is 0 Å². The molecule has 3 heterocycles. The van der Waals surface area contributed by atoms with Crippen LogP contribution in [-0.4, -0.2) is 48.5 Å². The molecule has 1 unspecified atom stereocenters. The number of alkyl halides is 8. The molecule has 2 atom stereocenters. The number of carbonyl (C=O) groups excluding carboxylic acids is 2. The van der Waals surface area contributed by atoms with Crippen LogP contribution < -0.4 is 10.6 Å². The molecule has 3 aromatic heterocycles. The minimum absolute atomic E-state index is 0.00645. The Labute approximate surface area is 244 Å². The van der Waals surface area contributed by atoms with Crippen LogP contribution in [0.3, 0.4) is 0 Å². The van der Waals surface area contributed by atoms with Crippen LogP contribution in [0.25, 0.3) is 5.65 Å². The predicted octanol–water partition coefficient (Wildman–Crippen LogP) is 5.74. The van der Waals surface area contributed by atoms with Crippen molar-refractivity contribution < 1.29 is 44.7 Å². The molecule has 44 heavy (non-hydrogen) atoms. The van der Waals surface area contributed by atoms with Crippen LogP contribution in [0.1, 0.15) is 90.9 Å². The lowest BCUT2D eigenvalue weighted by Crippen LogP contribution is -2.37. The number of fused-ring (bicyclic) bond motifs is 1. The molecular weight excluding hydrogens is 606 g/mol. The van der Waals surface area contributed by atoms with Crippen molar-refractivity contribution in [1.29, 1.82) is 0 Å². The molecule has 2 fully saturated rings. The third kappa shape index (κ3) is 7.77. The molecule has 0 radical (unpaired) electrons. The Bertz CT molecular complexity index is 1510. The highest BCUT2D eigenvalue weighted by Crippen LogP contribution is 2.43. The highest BCUT2D eigenvalue weighted by molar-refractivity contribution is 5.92. The van der Waals surface area contributed by atoms with Gasteiger partial charge in [0.2, 0.25) is 11.8 Å². The number of nitrogens with one attached hydrogen (secondary N) is 2. The number of nitrogens with zero attached hydrogens (tertiary/aromatic N) is 5. The second kappa shape index (κ2) is 11.9. The fourth-order valence-corrected chi connectivity index (χ4v) is 5.29. The van der Waals surface area contributed by atoms with Crippen molar-refractivity contribution in [2.45, 2.75) is 81.7 Å². The maximum atomic E-state index is 14.0. The quantitative estimate of drug-likeness (QED) is 0.291. The number of hydrogen-bond acceptors (Lipinski definition) is 6. The van der Waals surface area contributed by atoms with Gasteiger partial charge in [-0.15, -0.1) is 0 Å². The summed E-state index contributed by atoms with van der Waals surface area (Å²) >= 11 is 0. The van der Waals surface area contributed by atoms with E-state index in [0.29, 0.717) is 11.8 Å². The first-order valence-electron chi connectivity index (χ1n) is 13.9. The van der Waals surface area contributed by atoms with Gasteiger partial charge in [0.1, 0.15) is 5.69 Å². The number of hydrogen-bond donors (Lipinski definition) is 2. The van der Waals surface area contributed by atoms with Gasteiger partial charge < -0.3 is 10.6 Å². The van der Waals surface area contributed by atoms with Crippen LogP contribution in [-0.2, 0) is 11.0 Å². The normalized spacial score (nSPS) is 19.0. The SMILES string of the molecule is O=C(CCC(F)(F)F)NC(c1cnn2cc([C@@H](NC(=O)c3cncc(C(F)(F)F)n3)C3CCC(F)(F)CC3)nc2c1)C1CC1. The molecule has 3 aromatic rings. The van der Waals surface area contributed by atoms with Crippen molar-refractivity contribution in [3.05, 3.63) is 53.5 Å². The molecule has 238 valence electrons. The van der Waals surface area contributed by atoms with Crippen molar-refractivity contribution in [2.24, 2.45) is 11.8 Å². The molecule has 2 saturated carbocycles. The molecule has 2 amide bonds. The summed E-state index contributed by atoms with van der Waals surface area (Å²) in [5, 5.41) is 9.54. The monoisotopic (exact) mass is 633 g/mol. The third-order valence-electron chi connectivity index (χ3n) is 7.76. The molecule has 2 aliphatic rings. The minimum Gasteiger partial charge on any atom is -0.349 e. The lowest BCUT2D eigenvalue weighted by atomic mass is 9.81. The van der Waals surface area contributed by atoms with Gasteiger partial charge >= 0.3 is 12.4 Å². The van der Waals surface area contributed by atoms with Gasteiger partial charge in [0.25, 0.3) is 5.91 Å². The number of amides is 2. The molecule has 5 rings (SSSR count). The van der Waals surface area contributed by atoms with Crippen molar-refractivity contribution in [1.82, 2.24) is 35.2 Å². The molecular formula is C27H27F8N7O2. The van der Waals surface area contributed by atoms with Gasteiger partial charge in [0, 0.05) is 19.3 Å². The number of halogens is 8. The number of carbonyl (C=O) groups is 2. The summed E-state index contributed by atoms with van der Waals surface area (Å²) in [6.07, 6.45) is -6.56. The van der Waals surface area contributed by atoms with E-state index in [1.807, 2.05) is 0 Å².